The van der Waals surface area contributed by atoms with Crippen molar-refractivity contribution in [1.82, 2.24) is 5.32 Å². The summed E-state index contributed by atoms with van der Waals surface area (Å²) in [7, 11) is 1.52. The van der Waals surface area contributed by atoms with Gasteiger partial charge in [0.1, 0.15) is 5.75 Å². The Labute approximate surface area is 132 Å². The van der Waals surface area contributed by atoms with Gasteiger partial charge in [0.2, 0.25) is 0 Å². The van der Waals surface area contributed by atoms with E-state index in [1.807, 2.05) is 26.0 Å². The number of rotatable bonds is 6. The first-order chi connectivity index (χ1) is 10.5. The summed E-state index contributed by atoms with van der Waals surface area (Å²) in [6.45, 7) is 6.84. The van der Waals surface area contributed by atoms with Crippen molar-refractivity contribution in [2.45, 2.75) is 40.0 Å². The van der Waals surface area contributed by atoms with Crippen LogP contribution in [0.25, 0.3) is 0 Å². The van der Waals surface area contributed by atoms with E-state index in [9.17, 15) is 4.79 Å². The normalized spacial score (nSPS) is 11.2. The highest BCUT2D eigenvalue weighted by Crippen LogP contribution is 2.28. The first kappa shape index (κ1) is 17.8. The number of hydrogen-bond acceptors (Lipinski definition) is 3. The van der Waals surface area contributed by atoms with Crippen LogP contribution in [0, 0.1) is 0 Å². The lowest BCUT2D eigenvalue weighted by Crippen LogP contribution is -2.39. The molecule has 0 saturated heterocycles. The topological polar surface area (TPSA) is 88.7 Å². The van der Waals surface area contributed by atoms with Gasteiger partial charge in [-0.1, -0.05) is 20.8 Å². The molecule has 6 nitrogen and oxygen atoms in total. The zero-order valence-corrected chi connectivity index (χ0v) is 13.8. The van der Waals surface area contributed by atoms with Crippen molar-refractivity contribution in [2.75, 3.05) is 19.0 Å². The van der Waals surface area contributed by atoms with Gasteiger partial charge in [-0.3, -0.25) is 10.3 Å². The largest absolute Gasteiger partial charge is 0.494 e. The number of hydrogen-bond donors (Lipinski definition) is 3. The number of urea groups is 1. The number of nitrogens with two attached hydrogens (primary N) is 1. The maximum absolute atomic E-state index is 12.0. The van der Waals surface area contributed by atoms with Crippen molar-refractivity contribution in [1.29, 1.82) is 0 Å². The molecule has 0 saturated carbocycles. The Balaban J connectivity index is 3.03. The second-order valence-electron chi connectivity index (χ2n) is 4.86. The first-order valence-corrected chi connectivity index (χ1v) is 7.64. The van der Waals surface area contributed by atoms with E-state index in [1.54, 1.807) is 0 Å². The van der Waals surface area contributed by atoms with Gasteiger partial charge in [-0.05, 0) is 42.5 Å². The summed E-state index contributed by atoms with van der Waals surface area (Å²) in [5.74, 6) is 0.924. The molecule has 0 heterocycles. The molecule has 0 radical (unpaired) electrons. The molecule has 1 rings (SSSR count). The van der Waals surface area contributed by atoms with E-state index < -0.39 is 6.03 Å². The molecule has 6 heteroatoms. The van der Waals surface area contributed by atoms with Gasteiger partial charge < -0.3 is 15.8 Å². The Hall–Kier alpha value is -2.24. The minimum absolute atomic E-state index is 0.0801. The maximum Gasteiger partial charge on any atom is 0.326 e. The first-order valence-electron chi connectivity index (χ1n) is 7.64. The van der Waals surface area contributed by atoms with Gasteiger partial charge in [-0.25, -0.2) is 4.79 Å². The van der Waals surface area contributed by atoms with Crippen molar-refractivity contribution in [3.8, 4) is 5.75 Å². The second kappa shape index (κ2) is 8.92. The minimum Gasteiger partial charge on any atom is -0.494 e. The summed E-state index contributed by atoms with van der Waals surface area (Å²) in [4.78, 5) is 15.7. The predicted octanol–water partition coefficient (Wildman–Crippen LogP) is 2.67. The van der Waals surface area contributed by atoms with Crippen LogP contribution in [0.4, 0.5) is 10.5 Å². The fourth-order valence-electron chi connectivity index (χ4n) is 2.07. The Morgan fingerprint density at radius 2 is 1.82 bits per heavy atom. The Morgan fingerprint density at radius 1 is 1.23 bits per heavy atom. The molecule has 0 aromatic heterocycles. The number of carbonyl (C=O) groups is 1. The number of aliphatic imine (C=N–C) groups is 1. The van der Waals surface area contributed by atoms with Gasteiger partial charge in [0.05, 0.1) is 6.61 Å². The van der Waals surface area contributed by atoms with Crippen LogP contribution in [0.3, 0.4) is 0 Å². The monoisotopic (exact) mass is 306 g/mol. The molecule has 0 aliphatic rings. The third-order valence-corrected chi connectivity index (χ3v) is 3.23. The van der Waals surface area contributed by atoms with Crippen molar-refractivity contribution < 1.29 is 9.53 Å². The lowest BCUT2D eigenvalue weighted by atomic mass is 10.0. The summed E-state index contributed by atoms with van der Waals surface area (Å²) >= 11 is 0. The molecule has 0 aliphatic heterocycles. The molecule has 1 aromatic carbocycles. The van der Waals surface area contributed by atoms with E-state index in [-0.39, 0.29) is 5.96 Å². The number of nitrogens with zero attached hydrogens (tertiary/aromatic N) is 1. The standard InChI is InChI=1S/C16H26N4O2/c1-5-8-22-13-9-11(6-2)14(12(7-3)10-13)19-16(21)20-15(17)18-4/h9-10H,5-8H2,1-4H3,(H4,17,18,19,20,21). The van der Waals surface area contributed by atoms with Crippen LogP contribution in [0.1, 0.15) is 38.3 Å². The number of anilines is 1. The highest BCUT2D eigenvalue weighted by atomic mass is 16.5. The number of amides is 2. The van der Waals surface area contributed by atoms with Crippen molar-refractivity contribution in [3.05, 3.63) is 23.3 Å². The molecule has 0 aliphatic carbocycles. The Morgan fingerprint density at radius 3 is 2.27 bits per heavy atom. The van der Waals surface area contributed by atoms with Gasteiger partial charge in [-0.2, -0.15) is 0 Å². The summed E-state index contributed by atoms with van der Waals surface area (Å²) in [5, 5.41) is 5.34. The fraction of sp³-hybridized carbons (Fsp3) is 0.500. The molecule has 0 unspecified atom stereocenters. The van der Waals surface area contributed by atoms with Crippen LogP contribution in [-0.2, 0) is 12.8 Å². The second-order valence-corrected chi connectivity index (χ2v) is 4.86. The number of aryl methyl sites for hydroxylation is 2. The summed E-state index contributed by atoms with van der Waals surface area (Å²) < 4.78 is 5.71. The zero-order valence-electron chi connectivity index (χ0n) is 13.8. The number of nitrogens with one attached hydrogen (secondary N) is 2. The van der Waals surface area contributed by atoms with E-state index in [2.05, 4.69) is 22.5 Å². The van der Waals surface area contributed by atoms with Crippen molar-refractivity contribution in [2.24, 2.45) is 10.7 Å². The van der Waals surface area contributed by atoms with Crippen LogP contribution in [0.5, 0.6) is 5.75 Å². The zero-order chi connectivity index (χ0) is 16.5. The molecule has 0 atom stereocenters. The number of carbonyl (C=O) groups excluding carboxylic acids is 1. The van der Waals surface area contributed by atoms with Gasteiger partial charge >= 0.3 is 6.03 Å². The van der Waals surface area contributed by atoms with E-state index in [1.165, 1.54) is 7.05 Å². The molecule has 122 valence electrons. The van der Waals surface area contributed by atoms with Crippen LogP contribution in [-0.4, -0.2) is 25.6 Å². The summed E-state index contributed by atoms with van der Waals surface area (Å²) in [5.41, 5.74) is 8.39. The van der Waals surface area contributed by atoms with Crippen LogP contribution in [0.15, 0.2) is 17.1 Å². The van der Waals surface area contributed by atoms with Crippen molar-refractivity contribution in [3.63, 3.8) is 0 Å². The third kappa shape index (κ3) is 4.95. The average molecular weight is 306 g/mol. The highest BCUT2D eigenvalue weighted by Gasteiger charge is 2.13. The van der Waals surface area contributed by atoms with Crippen LogP contribution < -0.4 is 21.1 Å². The predicted molar refractivity (Wildman–Crippen MR) is 90.7 cm³/mol. The van der Waals surface area contributed by atoms with Crippen molar-refractivity contribution >= 4 is 17.7 Å². The molecule has 22 heavy (non-hydrogen) atoms. The fourth-order valence-corrected chi connectivity index (χ4v) is 2.07. The van der Waals surface area contributed by atoms with Gasteiger partial charge in [0.15, 0.2) is 5.96 Å². The smallest absolute Gasteiger partial charge is 0.326 e. The Bertz CT molecular complexity index is 516. The van der Waals surface area contributed by atoms with Gasteiger partial charge in [-0.15, -0.1) is 0 Å². The van der Waals surface area contributed by atoms with Gasteiger partial charge in [0.25, 0.3) is 0 Å². The molecule has 0 bridgehead atoms. The van der Waals surface area contributed by atoms with E-state index in [0.717, 1.165) is 41.8 Å². The molecule has 0 fully saturated rings. The van der Waals surface area contributed by atoms with E-state index >= 15 is 0 Å². The number of guanidine groups is 1. The van der Waals surface area contributed by atoms with Gasteiger partial charge in [0, 0.05) is 12.7 Å². The highest BCUT2D eigenvalue weighted by molar-refractivity contribution is 6.02. The average Bonchev–Trinajstić information content (AvgIpc) is 2.53. The number of ether oxygens (including phenoxy) is 1. The van der Waals surface area contributed by atoms with Crippen LogP contribution in [0.2, 0.25) is 0 Å². The summed E-state index contributed by atoms with van der Waals surface area (Å²) in [6.07, 6.45) is 2.55. The maximum atomic E-state index is 12.0. The lowest BCUT2D eigenvalue weighted by Gasteiger charge is -2.17. The lowest BCUT2D eigenvalue weighted by molar-refractivity contribution is 0.256. The molecule has 2 amide bonds. The quantitative estimate of drug-likeness (QED) is 0.557. The number of benzene rings is 1. The van der Waals surface area contributed by atoms with E-state index in [4.69, 9.17) is 10.5 Å². The Kier molecular flexibility index (Phi) is 7.22. The molecule has 0 spiro atoms. The molecular weight excluding hydrogens is 280 g/mol. The molecule has 1 aromatic rings. The molecular formula is C16H26N4O2. The van der Waals surface area contributed by atoms with E-state index in [0.29, 0.717) is 6.61 Å². The van der Waals surface area contributed by atoms with Crippen LogP contribution >= 0.6 is 0 Å². The summed E-state index contributed by atoms with van der Waals surface area (Å²) in [6, 6.07) is 3.55. The SMILES string of the molecule is CCCOc1cc(CC)c(NC(=O)NC(N)=NC)c(CC)c1. The third-order valence-electron chi connectivity index (χ3n) is 3.23. The minimum atomic E-state index is -0.394. The molecule has 4 N–H and O–H groups in total.